The van der Waals surface area contributed by atoms with E-state index < -0.39 is 6.04 Å². The lowest BCUT2D eigenvalue weighted by molar-refractivity contribution is 0.0922. The van der Waals surface area contributed by atoms with Crippen LogP contribution in [0.4, 0.5) is 0 Å². The van der Waals surface area contributed by atoms with Gasteiger partial charge in [-0.05, 0) is 24.1 Å². The number of aryl methyl sites for hydroxylation is 1. The van der Waals surface area contributed by atoms with Gasteiger partial charge in [-0.1, -0.05) is 13.0 Å². The van der Waals surface area contributed by atoms with Crippen LogP contribution in [0.2, 0.25) is 0 Å². The first kappa shape index (κ1) is 12.7. The van der Waals surface area contributed by atoms with Gasteiger partial charge < -0.3 is 15.6 Å². The first-order valence-corrected chi connectivity index (χ1v) is 5.21. The lowest BCUT2D eigenvalue weighted by atomic mass is 10.0. The maximum atomic E-state index is 11.9. The number of benzene rings is 1. The fourth-order valence-corrected chi connectivity index (χ4v) is 1.45. The van der Waals surface area contributed by atoms with Crippen LogP contribution in [0.3, 0.4) is 0 Å². The van der Waals surface area contributed by atoms with Crippen molar-refractivity contribution in [1.29, 1.82) is 0 Å². The van der Waals surface area contributed by atoms with Crippen molar-refractivity contribution >= 4 is 5.78 Å². The molecule has 0 amide bonds. The van der Waals surface area contributed by atoms with Crippen molar-refractivity contribution in [1.82, 2.24) is 0 Å². The molecular weight excluding hydrogens is 206 g/mol. The molecule has 0 bridgehead atoms. The van der Waals surface area contributed by atoms with Crippen LogP contribution in [0.25, 0.3) is 0 Å². The molecule has 16 heavy (non-hydrogen) atoms. The summed E-state index contributed by atoms with van der Waals surface area (Å²) in [5.74, 6) is 0.195. The third kappa shape index (κ3) is 2.59. The molecule has 1 aromatic rings. The molecule has 0 radical (unpaired) electrons. The van der Waals surface area contributed by atoms with E-state index in [9.17, 15) is 4.79 Å². The highest BCUT2D eigenvalue weighted by atomic mass is 16.5. The smallest absolute Gasteiger partial charge is 0.185 e. The van der Waals surface area contributed by atoms with E-state index in [0.29, 0.717) is 11.3 Å². The van der Waals surface area contributed by atoms with Gasteiger partial charge in [0, 0.05) is 0 Å². The fraction of sp³-hybridized carbons (Fsp3) is 0.417. The quantitative estimate of drug-likeness (QED) is 0.723. The van der Waals surface area contributed by atoms with Gasteiger partial charge in [-0.3, -0.25) is 4.79 Å². The Morgan fingerprint density at radius 3 is 2.75 bits per heavy atom. The van der Waals surface area contributed by atoms with Gasteiger partial charge in [0.15, 0.2) is 5.78 Å². The van der Waals surface area contributed by atoms with Crippen LogP contribution in [0, 0.1) is 0 Å². The van der Waals surface area contributed by atoms with E-state index in [1.165, 1.54) is 7.11 Å². The third-order valence-electron chi connectivity index (χ3n) is 2.47. The Hall–Kier alpha value is -1.39. The van der Waals surface area contributed by atoms with E-state index in [-0.39, 0.29) is 12.4 Å². The number of rotatable bonds is 5. The molecule has 4 heteroatoms. The summed E-state index contributed by atoms with van der Waals surface area (Å²) in [6.45, 7) is 1.64. The van der Waals surface area contributed by atoms with E-state index in [1.807, 2.05) is 13.0 Å². The number of hydrogen-bond acceptors (Lipinski definition) is 4. The van der Waals surface area contributed by atoms with E-state index in [2.05, 4.69) is 0 Å². The van der Waals surface area contributed by atoms with Gasteiger partial charge in [-0.25, -0.2) is 0 Å². The average Bonchev–Trinajstić information content (AvgIpc) is 2.35. The Kier molecular flexibility index (Phi) is 4.46. The minimum absolute atomic E-state index is 0.297. The Bertz CT molecular complexity index is 377. The molecule has 0 fully saturated rings. The van der Waals surface area contributed by atoms with Gasteiger partial charge in [0.25, 0.3) is 0 Å². The van der Waals surface area contributed by atoms with Crippen LogP contribution in [0.1, 0.15) is 22.8 Å². The molecule has 1 rings (SSSR count). The van der Waals surface area contributed by atoms with Crippen molar-refractivity contribution in [2.24, 2.45) is 5.73 Å². The molecule has 0 aliphatic carbocycles. The van der Waals surface area contributed by atoms with E-state index in [0.717, 1.165) is 12.0 Å². The summed E-state index contributed by atoms with van der Waals surface area (Å²) in [7, 11) is 1.50. The maximum absolute atomic E-state index is 11.9. The van der Waals surface area contributed by atoms with E-state index in [4.69, 9.17) is 15.6 Å². The molecule has 88 valence electrons. The number of methoxy groups -OCH3 is 1. The van der Waals surface area contributed by atoms with Gasteiger partial charge in [0.05, 0.1) is 25.3 Å². The summed E-state index contributed by atoms with van der Waals surface area (Å²) in [5.41, 5.74) is 6.98. The van der Waals surface area contributed by atoms with Crippen LogP contribution < -0.4 is 10.5 Å². The van der Waals surface area contributed by atoms with E-state index >= 15 is 0 Å². The first-order chi connectivity index (χ1) is 7.63. The molecule has 0 aromatic heterocycles. The topological polar surface area (TPSA) is 72.5 Å². The highest BCUT2D eigenvalue weighted by molar-refractivity contribution is 6.02. The van der Waals surface area contributed by atoms with Crippen LogP contribution >= 0.6 is 0 Å². The van der Waals surface area contributed by atoms with Crippen molar-refractivity contribution in [2.75, 3.05) is 13.7 Å². The second-order valence-electron chi connectivity index (χ2n) is 3.54. The number of carbonyl (C=O) groups is 1. The summed E-state index contributed by atoms with van der Waals surface area (Å²) < 4.78 is 5.10. The average molecular weight is 223 g/mol. The molecule has 4 nitrogen and oxygen atoms in total. The van der Waals surface area contributed by atoms with Gasteiger partial charge in [0.1, 0.15) is 5.75 Å². The maximum Gasteiger partial charge on any atom is 0.185 e. The molecule has 0 spiro atoms. The summed E-state index contributed by atoms with van der Waals surface area (Å²) in [6, 6.07) is 4.52. The fourth-order valence-electron chi connectivity index (χ4n) is 1.45. The Labute approximate surface area is 95.0 Å². The zero-order valence-corrected chi connectivity index (χ0v) is 9.56. The van der Waals surface area contributed by atoms with Crippen molar-refractivity contribution in [3.8, 4) is 5.75 Å². The van der Waals surface area contributed by atoms with Crippen LogP contribution in [0.5, 0.6) is 5.75 Å². The zero-order chi connectivity index (χ0) is 12.1. The molecule has 0 aliphatic heterocycles. The van der Waals surface area contributed by atoms with Crippen LogP contribution in [0.15, 0.2) is 18.2 Å². The Morgan fingerprint density at radius 2 is 2.25 bits per heavy atom. The minimum Gasteiger partial charge on any atom is -0.496 e. The number of carbonyl (C=O) groups excluding carboxylic acids is 1. The standard InChI is InChI=1S/C12H17NO3/c1-3-8-4-5-11(16-2)9(6-8)12(15)10(13)7-14/h4-6,10,14H,3,7,13H2,1-2H3. The first-order valence-electron chi connectivity index (χ1n) is 5.21. The molecule has 1 atom stereocenters. The highest BCUT2D eigenvalue weighted by Gasteiger charge is 2.19. The van der Waals surface area contributed by atoms with Crippen molar-refractivity contribution < 1.29 is 14.6 Å². The van der Waals surface area contributed by atoms with Gasteiger partial charge in [0.2, 0.25) is 0 Å². The summed E-state index contributed by atoms with van der Waals surface area (Å²) in [5, 5.41) is 8.87. The summed E-state index contributed by atoms with van der Waals surface area (Å²) in [6.07, 6.45) is 0.832. The zero-order valence-electron chi connectivity index (χ0n) is 9.56. The molecule has 0 saturated heterocycles. The number of nitrogens with two attached hydrogens (primary N) is 1. The predicted octanol–water partition coefficient (Wildman–Crippen LogP) is 0.760. The lowest BCUT2D eigenvalue weighted by Gasteiger charge is -2.12. The molecule has 0 aliphatic rings. The normalized spacial score (nSPS) is 12.2. The van der Waals surface area contributed by atoms with E-state index in [1.54, 1.807) is 12.1 Å². The second kappa shape index (κ2) is 5.63. The number of hydrogen-bond donors (Lipinski definition) is 2. The van der Waals surface area contributed by atoms with Crippen molar-refractivity contribution in [3.05, 3.63) is 29.3 Å². The third-order valence-corrected chi connectivity index (χ3v) is 2.47. The molecule has 3 N–H and O–H groups in total. The minimum atomic E-state index is -0.888. The number of aliphatic hydroxyl groups is 1. The molecule has 1 aromatic carbocycles. The largest absolute Gasteiger partial charge is 0.496 e. The highest BCUT2D eigenvalue weighted by Crippen LogP contribution is 2.21. The van der Waals surface area contributed by atoms with Crippen LogP contribution in [-0.4, -0.2) is 30.6 Å². The number of aliphatic hydroxyl groups excluding tert-OH is 1. The van der Waals surface area contributed by atoms with Crippen molar-refractivity contribution in [3.63, 3.8) is 0 Å². The SMILES string of the molecule is CCc1ccc(OC)c(C(=O)C(N)CO)c1. The lowest BCUT2D eigenvalue weighted by Crippen LogP contribution is -2.34. The Morgan fingerprint density at radius 1 is 1.56 bits per heavy atom. The van der Waals surface area contributed by atoms with Crippen molar-refractivity contribution in [2.45, 2.75) is 19.4 Å². The Balaban J connectivity index is 3.13. The number of ketones is 1. The van der Waals surface area contributed by atoms with Crippen LogP contribution in [-0.2, 0) is 6.42 Å². The predicted molar refractivity (Wildman–Crippen MR) is 61.8 cm³/mol. The van der Waals surface area contributed by atoms with Gasteiger partial charge >= 0.3 is 0 Å². The molecule has 0 heterocycles. The summed E-state index contributed by atoms with van der Waals surface area (Å²) in [4.78, 5) is 11.9. The van der Waals surface area contributed by atoms with Gasteiger partial charge in [-0.2, -0.15) is 0 Å². The monoisotopic (exact) mass is 223 g/mol. The second-order valence-corrected chi connectivity index (χ2v) is 3.54. The molecule has 0 saturated carbocycles. The molecule has 1 unspecified atom stereocenters. The summed E-state index contributed by atoms with van der Waals surface area (Å²) >= 11 is 0. The number of Topliss-reactive ketones (excluding diaryl/α,β-unsaturated/α-hetero) is 1. The number of ether oxygens (including phenoxy) is 1. The van der Waals surface area contributed by atoms with Gasteiger partial charge in [-0.15, -0.1) is 0 Å². The molecular formula is C12H17NO3.